The van der Waals surface area contributed by atoms with E-state index < -0.39 is 0 Å². The Balaban J connectivity index is 2.76. The molecule has 16 heavy (non-hydrogen) atoms. The van der Waals surface area contributed by atoms with Gasteiger partial charge in [0.05, 0.1) is 18.1 Å². The molecule has 5 heteroatoms. The summed E-state index contributed by atoms with van der Waals surface area (Å²) in [6, 6.07) is 1.47. The Hall–Kier alpha value is -0.810. The van der Waals surface area contributed by atoms with Crippen molar-refractivity contribution in [2.75, 3.05) is 7.11 Å². The Labute approximate surface area is 99.8 Å². The number of aromatic nitrogens is 2. The molecule has 0 saturated carbocycles. The van der Waals surface area contributed by atoms with E-state index in [9.17, 15) is 4.79 Å². The van der Waals surface area contributed by atoms with Gasteiger partial charge in [-0.05, 0) is 0 Å². The summed E-state index contributed by atoms with van der Waals surface area (Å²) in [6.45, 7) is 6.77. The molecule has 0 unspecified atom stereocenters. The molecule has 0 bridgehead atoms. The normalized spacial score (nSPS) is 11.8. The van der Waals surface area contributed by atoms with E-state index in [2.05, 4.69) is 30.7 Å². The van der Waals surface area contributed by atoms with Crippen LogP contribution in [-0.4, -0.2) is 21.8 Å². The zero-order chi connectivity index (χ0) is 12.2. The fourth-order valence-electron chi connectivity index (χ4n) is 1.14. The summed E-state index contributed by atoms with van der Waals surface area (Å²) in [5, 5.41) is 0. The van der Waals surface area contributed by atoms with Gasteiger partial charge in [-0.1, -0.05) is 20.8 Å². The second kappa shape index (κ2) is 5.50. The summed E-state index contributed by atoms with van der Waals surface area (Å²) >= 11 is 1.75. The summed E-state index contributed by atoms with van der Waals surface area (Å²) in [5.41, 5.74) is 0.558. The Morgan fingerprint density at radius 2 is 2.19 bits per heavy atom. The molecule has 0 aromatic carbocycles. The maximum absolute atomic E-state index is 11.4. The summed E-state index contributed by atoms with van der Waals surface area (Å²) < 4.78 is 5.12. The van der Waals surface area contributed by atoms with E-state index >= 15 is 0 Å². The summed E-state index contributed by atoms with van der Waals surface area (Å²) in [7, 11) is 1.59. The van der Waals surface area contributed by atoms with Gasteiger partial charge in [0.15, 0.2) is 0 Å². The Kier molecular flexibility index (Phi) is 4.56. The predicted octanol–water partition coefficient (Wildman–Crippen LogP) is 1.95. The van der Waals surface area contributed by atoms with Gasteiger partial charge in [0.1, 0.15) is 5.82 Å². The van der Waals surface area contributed by atoms with E-state index in [0.717, 1.165) is 0 Å². The number of ether oxygens (including phenoxy) is 1. The first kappa shape index (κ1) is 13.3. The molecule has 1 heterocycles. The summed E-state index contributed by atoms with van der Waals surface area (Å²) in [6.07, 6.45) is 0. The first-order valence-electron chi connectivity index (χ1n) is 5.13. The number of hydrogen-bond acceptors (Lipinski definition) is 4. The van der Waals surface area contributed by atoms with Crippen LogP contribution in [0.25, 0.3) is 0 Å². The predicted molar refractivity (Wildman–Crippen MR) is 66.6 cm³/mol. The van der Waals surface area contributed by atoms with Gasteiger partial charge in [-0.25, -0.2) is 4.98 Å². The third-order valence-corrected chi connectivity index (χ3v) is 3.06. The minimum absolute atomic E-state index is 0.119. The molecular formula is C11H18N2O2S. The molecule has 0 atom stereocenters. The topological polar surface area (TPSA) is 55.0 Å². The van der Waals surface area contributed by atoms with Crippen LogP contribution in [0, 0.1) is 0 Å². The molecule has 0 aliphatic rings. The second-order valence-corrected chi connectivity index (χ2v) is 6.32. The highest BCUT2D eigenvalue weighted by Gasteiger charge is 2.11. The van der Waals surface area contributed by atoms with Gasteiger partial charge in [0.2, 0.25) is 0 Å². The highest BCUT2D eigenvalue weighted by molar-refractivity contribution is 7.99. The van der Waals surface area contributed by atoms with Crippen molar-refractivity contribution in [1.82, 2.24) is 9.97 Å². The van der Waals surface area contributed by atoms with Gasteiger partial charge in [-0.2, -0.15) is 0 Å². The number of rotatable bonds is 4. The van der Waals surface area contributed by atoms with Crippen LogP contribution in [0.15, 0.2) is 10.9 Å². The molecule has 4 nitrogen and oxygen atoms in total. The highest BCUT2D eigenvalue weighted by Crippen LogP contribution is 2.25. The molecule has 1 N–H and O–H groups in total. The minimum Gasteiger partial charge on any atom is -0.378 e. The van der Waals surface area contributed by atoms with E-state index in [1.807, 2.05) is 0 Å². The average molecular weight is 242 g/mol. The number of H-pyrrole nitrogens is 1. The van der Waals surface area contributed by atoms with Crippen molar-refractivity contribution in [2.45, 2.75) is 37.9 Å². The number of hydrogen-bond donors (Lipinski definition) is 1. The molecule has 0 fully saturated rings. The average Bonchev–Trinajstić information content (AvgIpc) is 2.13. The van der Waals surface area contributed by atoms with Crippen LogP contribution in [-0.2, 0) is 17.1 Å². The van der Waals surface area contributed by atoms with Crippen molar-refractivity contribution < 1.29 is 4.74 Å². The number of thioether (sulfide) groups is 1. The molecule has 0 aliphatic carbocycles. The van der Waals surface area contributed by atoms with E-state index in [1.54, 1.807) is 18.9 Å². The largest absolute Gasteiger partial charge is 0.378 e. The molecule has 1 aromatic rings. The zero-order valence-corrected chi connectivity index (χ0v) is 11.0. The van der Waals surface area contributed by atoms with Gasteiger partial charge in [0, 0.05) is 17.9 Å². The monoisotopic (exact) mass is 242 g/mol. The fraction of sp³-hybridized carbons (Fsp3) is 0.636. The minimum atomic E-state index is -0.119. The van der Waals surface area contributed by atoms with Crippen LogP contribution in [0.3, 0.4) is 0 Å². The van der Waals surface area contributed by atoms with Crippen LogP contribution >= 0.6 is 11.8 Å². The number of nitrogens with one attached hydrogen (secondary N) is 1. The lowest BCUT2D eigenvalue weighted by atomic mass is 10.3. The molecule has 1 rings (SSSR count). The van der Waals surface area contributed by atoms with Gasteiger partial charge in [-0.3, -0.25) is 4.79 Å². The van der Waals surface area contributed by atoms with Crippen LogP contribution in [0.5, 0.6) is 0 Å². The number of aromatic amines is 1. The molecular weight excluding hydrogens is 224 g/mol. The van der Waals surface area contributed by atoms with Gasteiger partial charge in [0.25, 0.3) is 5.56 Å². The van der Waals surface area contributed by atoms with Crippen LogP contribution in [0.1, 0.15) is 32.3 Å². The van der Waals surface area contributed by atoms with E-state index in [1.165, 1.54) is 6.07 Å². The Morgan fingerprint density at radius 3 is 2.75 bits per heavy atom. The van der Waals surface area contributed by atoms with Crippen molar-refractivity contribution in [3.8, 4) is 0 Å². The third-order valence-electron chi connectivity index (χ3n) is 1.78. The van der Waals surface area contributed by atoms with E-state index in [-0.39, 0.29) is 10.3 Å². The summed E-state index contributed by atoms with van der Waals surface area (Å²) in [4.78, 5) is 18.4. The Morgan fingerprint density at radius 1 is 1.50 bits per heavy atom. The van der Waals surface area contributed by atoms with Crippen molar-refractivity contribution in [3.63, 3.8) is 0 Å². The third kappa shape index (κ3) is 4.81. The first-order valence-corrected chi connectivity index (χ1v) is 6.11. The van der Waals surface area contributed by atoms with Crippen LogP contribution in [0.2, 0.25) is 0 Å². The van der Waals surface area contributed by atoms with Crippen LogP contribution in [0.4, 0.5) is 0 Å². The fourth-order valence-corrected chi connectivity index (χ4v) is 1.84. The maximum Gasteiger partial charge on any atom is 0.251 e. The molecule has 0 amide bonds. The lowest BCUT2D eigenvalue weighted by Crippen LogP contribution is -2.15. The molecule has 1 aromatic heterocycles. The van der Waals surface area contributed by atoms with Crippen molar-refractivity contribution in [3.05, 3.63) is 27.9 Å². The quantitative estimate of drug-likeness (QED) is 0.876. The lowest BCUT2D eigenvalue weighted by molar-refractivity contribution is 0.181. The van der Waals surface area contributed by atoms with Gasteiger partial charge in [-0.15, -0.1) is 11.8 Å². The number of methoxy groups -OCH3 is 1. The first-order chi connectivity index (χ1) is 7.40. The van der Waals surface area contributed by atoms with Crippen molar-refractivity contribution >= 4 is 11.8 Å². The molecule has 0 saturated heterocycles. The molecule has 0 radical (unpaired) electrons. The zero-order valence-electron chi connectivity index (χ0n) is 10.2. The maximum atomic E-state index is 11.4. The van der Waals surface area contributed by atoms with Crippen LogP contribution < -0.4 is 5.56 Å². The standard InChI is InChI=1S/C11H18N2O2S/c1-11(2,3)16-7-9-12-8(6-15-4)5-10(14)13-9/h5H,6-7H2,1-4H3,(H,12,13,14). The van der Waals surface area contributed by atoms with E-state index in [4.69, 9.17) is 4.74 Å². The van der Waals surface area contributed by atoms with Gasteiger partial charge < -0.3 is 9.72 Å². The molecule has 90 valence electrons. The lowest BCUT2D eigenvalue weighted by Gasteiger charge is -2.16. The smallest absolute Gasteiger partial charge is 0.251 e. The Bertz CT molecular complexity index is 396. The van der Waals surface area contributed by atoms with E-state index in [0.29, 0.717) is 23.9 Å². The van der Waals surface area contributed by atoms with Gasteiger partial charge >= 0.3 is 0 Å². The summed E-state index contributed by atoms with van der Waals surface area (Å²) in [5.74, 6) is 1.41. The highest BCUT2D eigenvalue weighted by atomic mass is 32.2. The number of nitrogens with zero attached hydrogens (tertiary/aromatic N) is 1. The molecule has 0 spiro atoms. The molecule has 0 aliphatic heterocycles. The van der Waals surface area contributed by atoms with Crippen molar-refractivity contribution in [1.29, 1.82) is 0 Å². The second-order valence-electron chi connectivity index (χ2n) is 4.52. The SMILES string of the molecule is COCc1cc(=O)[nH]c(CSC(C)(C)C)n1. The van der Waals surface area contributed by atoms with Crippen molar-refractivity contribution in [2.24, 2.45) is 0 Å².